The summed E-state index contributed by atoms with van der Waals surface area (Å²) in [5, 5.41) is 18.8. The van der Waals surface area contributed by atoms with Crippen molar-refractivity contribution in [3.63, 3.8) is 0 Å². The normalized spacial score (nSPS) is 11.7. The van der Waals surface area contributed by atoms with Crippen LogP contribution in [0.5, 0.6) is 16.7 Å². The number of carboxylic acid groups (broad SMARTS) is 1. The molecule has 0 radical (unpaired) electrons. The summed E-state index contributed by atoms with van der Waals surface area (Å²) in [6.07, 6.45) is 4.89. The summed E-state index contributed by atoms with van der Waals surface area (Å²) in [6.45, 7) is 1.40. The first-order valence-corrected chi connectivity index (χ1v) is 11.5. The lowest BCUT2D eigenvalue weighted by atomic mass is 10.0. The summed E-state index contributed by atoms with van der Waals surface area (Å²) in [4.78, 5) is 39.9. The van der Waals surface area contributed by atoms with E-state index in [1.807, 2.05) is 0 Å². The van der Waals surface area contributed by atoms with Crippen molar-refractivity contribution in [3.8, 4) is 16.7 Å². The van der Waals surface area contributed by atoms with Crippen molar-refractivity contribution in [2.75, 3.05) is 0 Å². The number of carboxylic acids is 1. The summed E-state index contributed by atoms with van der Waals surface area (Å²) in [5.74, 6) is -4.44. The van der Waals surface area contributed by atoms with Crippen molar-refractivity contribution in [1.29, 1.82) is 0 Å². The van der Waals surface area contributed by atoms with Gasteiger partial charge in [0.25, 0.3) is 5.19 Å². The molecule has 1 aromatic carbocycles. The molecule has 0 fully saturated rings. The molecule has 0 saturated carbocycles. The maximum Gasteiger partial charge on any atom is 0.351 e. The number of hydrogen-bond acceptors (Lipinski definition) is 8. The standard InChI is InChI=1S/C24H18ClF2NO7S/c1-12(9-18-22(25)28-24(36-18)35-14-7-8-15(26)16(27)10-14)21(32)20-17(29)11-13(34-23(20)33)5-3-2-4-6-19(30)31/h4,6-11,29H,2-3,5H2,1H3,(H,30,31)/b6-4+,12-9+. The van der Waals surface area contributed by atoms with Gasteiger partial charge in [-0.05, 0) is 43.5 Å². The molecule has 0 aliphatic heterocycles. The first-order chi connectivity index (χ1) is 17.0. The lowest BCUT2D eigenvalue weighted by Gasteiger charge is -2.05. The highest BCUT2D eigenvalue weighted by Gasteiger charge is 2.21. The van der Waals surface area contributed by atoms with Crippen molar-refractivity contribution in [2.45, 2.75) is 26.2 Å². The van der Waals surface area contributed by atoms with Gasteiger partial charge >= 0.3 is 11.6 Å². The molecule has 0 amide bonds. The average Bonchev–Trinajstić information content (AvgIpc) is 3.13. The number of aromatic hydroxyl groups is 1. The number of unbranched alkanes of at least 4 members (excludes halogenated alkanes) is 1. The molecule has 0 saturated heterocycles. The summed E-state index contributed by atoms with van der Waals surface area (Å²) in [5.41, 5.74) is -1.55. The van der Waals surface area contributed by atoms with Crippen LogP contribution in [0.2, 0.25) is 5.15 Å². The average molecular weight is 538 g/mol. The molecule has 8 nitrogen and oxygen atoms in total. The third-order valence-electron chi connectivity index (χ3n) is 4.66. The van der Waals surface area contributed by atoms with E-state index < -0.39 is 40.3 Å². The van der Waals surface area contributed by atoms with Gasteiger partial charge in [-0.1, -0.05) is 29.0 Å². The highest BCUT2D eigenvalue weighted by atomic mass is 35.5. The quantitative estimate of drug-likeness (QED) is 0.189. The number of benzene rings is 1. The van der Waals surface area contributed by atoms with Gasteiger partial charge in [0.2, 0.25) is 0 Å². The monoisotopic (exact) mass is 537 g/mol. The number of aliphatic carboxylic acids is 1. The van der Waals surface area contributed by atoms with Crippen LogP contribution in [-0.2, 0) is 11.2 Å². The van der Waals surface area contributed by atoms with Crippen molar-refractivity contribution in [1.82, 2.24) is 4.98 Å². The van der Waals surface area contributed by atoms with Crippen molar-refractivity contribution < 1.29 is 37.7 Å². The largest absolute Gasteiger partial charge is 0.507 e. The topological polar surface area (TPSA) is 127 Å². The Kier molecular flexibility index (Phi) is 8.73. The van der Waals surface area contributed by atoms with Gasteiger partial charge in [0.05, 0.1) is 4.88 Å². The number of Topliss-reactive ketones (excluding diaryl/α,β-unsaturated/α-hetero) is 1. The fourth-order valence-corrected chi connectivity index (χ4v) is 4.09. The van der Waals surface area contributed by atoms with Gasteiger partial charge in [-0.2, -0.15) is 4.98 Å². The van der Waals surface area contributed by atoms with Crippen LogP contribution in [0, 0.1) is 11.6 Å². The van der Waals surface area contributed by atoms with Crippen LogP contribution in [0.4, 0.5) is 8.78 Å². The second-order valence-electron chi connectivity index (χ2n) is 7.36. The maximum absolute atomic E-state index is 13.4. The molecule has 3 aromatic rings. The zero-order chi connectivity index (χ0) is 26.4. The van der Waals surface area contributed by atoms with E-state index in [9.17, 15) is 28.3 Å². The van der Waals surface area contributed by atoms with E-state index in [1.54, 1.807) is 0 Å². The van der Waals surface area contributed by atoms with Gasteiger partial charge in [0.1, 0.15) is 22.8 Å². The predicted molar refractivity (Wildman–Crippen MR) is 128 cm³/mol. The number of aromatic nitrogens is 1. The molecule has 0 aliphatic carbocycles. The molecular formula is C24H18ClF2NO7S. The molecule has 0 bridgehead atoms. The third kappa shape index (κ3) is 6.86. The lowest BCUT2D eigenvalue weighted by molar-refractivity contribution is -0.131. The maximum atomic E-state index is 13.4. The Morgan fingerprint density at radius 1 is 1.25 bits per heavy atom. The van der Waals surface area contributed by atoms with E-state index in [4.69, 9.17) is 25.9 Å². The van der Waals surface area contributed by atoms with Crippen LogP contribution >= 0.6 is 22.9 Å². The van der Waals surface area contributed by atoms with E-state index in [-0.39, 0.29) is 38.7 Å². The SMILES string of the molecule is C/C(=C\c1sc(Oc2ccc(F)c(F)c2)nc1Cl)C(=O)c1c(O)cc(CCC/C=C/C(=O)O)oc1=O. The third-order valence-corrected chi connectivity index (χ3v) is 5.94. The molecule has 0 spiro atoms. The molecule has 2 heterocycles. The molecule has 0 atom stereocenters. The first kappa shape index (κ1) is 26.8. The molecule has 2 aromatic heterocycles. The van der Waals surface area contributed by atoms with Gasteiger partial charge in [-0.15, -0.1) is 0 Å². The van der Waals surface area contributed by atoms with E-state index in [0.29, 0.717) is 12.8 Å². The number of hydrogen-bond donors (Lipinski definition) is 2. The summed E-state index contributed by atoms with van der Waals surface area (Å²) in [7, 11) is 0. The lowest BCUT2D eigenvalue weighted by Crippen LogP contribution is -2.16. The molecule has 188 valence electrons. The number of carbonyl (C=O) groups excluding carboxylic acids is 1. The first-order valence-electron chi connectivity index (χ1n) is 10.3. The molecule has 2 N–H and O–H groups in total. The van der Waals surface area contributed by atoms with Crippen molar-refractivity contribution in [2.24, 2.45) is 0 Å². The molecule has 36 heavy (non-hydrogen) atoms. The predicted octanol–water partition coefficient (Wildman–Crippen LogP) is 5.78. The Morgan fingerprint density at radius 2 is 2.00 bits per heavy atom. The van der Waals surface area contributed by atoms with Crippen molar-refractivity contribution in [3.05, 3.63) is 85.4 Å². The minimum atomic E-state index is -1.10. The van der Waals surface area contributed by atoms with Gasteiger partial charge in [0, 0.05) is 24.6 Å². The van der Waals surface area contributed by atoms with E-state index in [0.717, 1.165) is 35.6 Å². The number of thiazole rings is 1. The minimum absolute atomic E-state index is 0.00224. The minimum Gasteiger partial charge on any atom is -0.507 e. The van der Waals surface area contributed by atoms with Gasteiger partial charge < -0.3 is 19.4 Å². The Balaban J connectivity index is 1.74. The summed E-state index contributed by atoms with van der Waals surface area (Å²) in [6, 6.07) is 4.10. The fraction of sp³-hybridized carbons (Fsp3) is 0.167. The fourth-order valence-electron chi connectivity index (χ4n) is 2.97. The van der Waals surface area contributed by atoms with E-state index in [1.165, 1.54) is 25.1 Å². The zero-order valence-electron chi connectivity index (χ0n) is 18.6. The number of carbonyl (C=O) groups is 2. The van der Waals surface area contributed by atoms with Crippen LogP contribution in [0.3, 0.4) is 0 Å². The number of allylic oxidation sites excluding steroid dienone is 2. The van der Waals surface area contributed by atoms with E-state index in [2.05, 4.69) is 4.98 Å². The van der Waals surface area contributed by atoms with Crippen LogP contribution in [0.1, 0.15) is 40.8 Å². The summed E-state index contributed by atoms with van der Waals surface area (Å²) >= 11 is 7.01. The molecule has 0 aliphatic rings. The van der Waals surface area contributed by atoms with Crippen molar-refractivity contribution >= 4 is 40.8 Å². The molecular weight excluding hydrogens is 520 g/mol. The van der Waals surface area contributed by atoms with Gasteiger partial charge in [0.15, 0.2) is 22.6 Å². The highest BCUT2D eigenvalue weighted by Crippen LogP contribution is 2.34. The van der Waals surface area contributed by atoms with Crippen LogP contribution in [0.15, 0.2) is 51.2 Å². The zero-order valence-corrected chi connectivity index (χ0v) is 20.2. The van der Waals surface area contributed by atoms with E-state index >= 15 is 0 Å². The smallest absolute Gasteiger partial charge is 0.351 e. The summed E-state index contributed by atoms with van der Waals surface area (Å²) < 4.78 is 37.0. The van der Waals surface area contributed by atoms with Crippen LogP contribution < -0.4 is 10.4 Å². The van der Waals surface area contributed by atoms with Gasteiger partial charge in [-0.3, -0.25) is 4.79 Å². The number of rotatable bonds is 10. The molecule has 3 rings (SSSR count). The van der Waals surface area contributed by atoms with Crippen LogP contribution in [-0.4, -0.2) is 26.9 Å². The second kappa shape index (κ2) is 11.7. The Morgan fingerprint density at radius 3 is 2.67 bits per heavy atom. The van der Waals surface area contributed by atoms with Gasteiger partial charge in [-0.25, -0.2) is 18.4 Å². The molecule has 12 heteroatoms. The second-order valence-corrected chi connectivity index (χ2v) is 8.71. The Bertz CT molecular complexity index is 1430. The number of halogens is 3. The number of ether oxygens (including phenoxy) is 1. The Hall–Kier alpha value is -3.83. The van der Waals surface area contributed by atoms with Crippen LogP contribution in [0.25, 0.3) is 6.08 Å². The number of aryl methyl sites for hydroxylation is 1. The number of ketones is 1. The molecule has 0 unspecified atom stereocenters. The number of nitrogens with zero attached hydrogens (tertiary/aromatic N) is 1. The Labute approximate surface area is 211 Å². The highest BCUT2D eigenvalue weighted by molar-refractivity contribution is 7.14.